The van der Waals surface area contributed by atoms with E-state index in [-0.39, 0.29) is 13.0 Å². The largest absolute Gasteiger partial charge is 0.480 e. The highest BCUT2D eigenvalue weighted by Gasteiger charge is 2.41. The highest BCUT2D eigenvalue weighted by Crippen LogP contribution is 2.28. The summed E-state index contributed by atoms with van der Waals surface area (Å²) in [4.78, 5) is 27.5. The van der Waals surface area contributed by atoms with Crippen LogP contribution in [0.3, 0.4) is 0 Å². The quantitative estimate of drug-likeness (QED) is 0.899. The Morgan fingerprint density at radius 2 is 2.09 bits per heavy atom. The van der Waals surface area contributed by atoms with E-state index in [0.29, 0.717) is 5.88 Å². The molecule has 1 saturated heterocycles. The first kappa shape index (κ1) is 15.1. The molecule has 2 atom stereocenters. The Labute approximate surface area is 132 Å². The molecule has 0 saturated carbocycles. The summed E-state index contributed by atoms with van der Waals surface area (Å²) in [5.74, 6) is -0.771. The summed E-state index contributed by atoms with van der Waals surface area (Å²) in [6.07, 6.45) is -0.0760. The maximum absolute atomic E-state index is 11.2. The molecule has 1 aliphatic rings. The second-order valence-corrected chi connectivity index (χ2v) is 5.61. The number of benzene rings is 1. The minimum absolute atomic E-state index is 0.0101. The predicted molar refractivity (Wildman–Crippen MR) is 81.7 cm³/mol. The number of pyridine rings is 1. The lowest BCUT2D eigenvalue weighted by Gasteiger charge is -2.16. The topological polar surface area (TPSA) is 100.0 Å². The van der Waals surface area contributed by atoms with Crippen LogP contribution in [0.4, 0.5) is 4.79 Å². The van der Waals surface area contributed by atoms with E-state index in [9.17, 15) is 9.59 Å². The number of amides is 1. The van der Waals surface area contributed by atoms with Crippen LogP contribution in [0.5, 0.6) is 5.88 Å². The van der Waals surface area contributed by atoms with Gasteiger partial charge in [0, 0.05) is 18.0 Å². The van der Waals surface area contributed by atoms with Crippen LogP contribution >= 0.6 is 0 Å². The van der Waals surface area contributed by atoms with Crippen LogP contribution in [0.1, 0.15) is 12.0 Å². The van der Waals surface area contributed by atoms with Gasteiger partial charge in [0.1, 0.15) is 12.1 Å². The fourth-order valence-corrected chi connectivity index (χ4v) is 2.84. The van der Waals surface area contributed by atoms with Gasteiger partial charge in [-0.3, -0.25) is 4.90 Å². The zero-order chi connectivity index (χ0) is 16.6. The number of carbonyl (C=O) groups is 2. The molecule has 0 aliphatic carbocycles. The first-order valence-corrected chi connectivity index (χ1v) is 7.20. The lowest BCUT2D eigenvalue weighted by Crippen LogP contribution is -2.39. The Morgan fingerprint density at radius 1 is 1.30 bits per heavy atom. The number of ether oxygens (including phenoxy) is 1. The number of nitrogens with zero attached hydrogens (tertiary/aromatic N) is 2. The van der Waals surface area contributed by atoms with Gasteiger partial charge in [0.2, 0.25) is 5.88 Å². The third-order valence-corrected chi connectivity index (χ3v) is 3.96. The highest BCUT2D eigenvalue weighted by atomic mass is 16.5. The third-order valence-electron chi connectivity index (χ3n) is 3.96. The van der Waals surface area contributed by atoms with E-state index < -0.39 is 24.2 Å². The maximum atomic E-state index is 11.2. The second-order valence-electron chi connectivity index (χ2n) is 5.61. The lowest BCUT2D eigenvalue weighted by molar-refractivity contribution is -0.141. The molecule has 2 unspecified atom stereocenters. The van der Waals surface area contributed by atoms with Crippen LogP contribution in [0, 0.1) is 6.92 Å². The van der Waals surface area contributed by atoms with Crippen molar-refractivity contribution in [2.45, 2.75) is 25.5 Å². The fourth-order valence-electron chi connectivity index (χ4n) is 2.84. The Kier molecular flexibility index (Phi) is 3.77. The molecule has 120 valence electrons. The van der Waals surface area contributed by atoms with Crippen molar-refractivity contribution >= 4 is 22.8 Å². The molecule has 0 bridgehead atoms. The highest BCUT2D eigenvalue weighted by molar-refractivity contribution is 5.87. The zero-order valence-corrected chi connectivity index (χ0v) is 12.5. The van der Waals surface area contributed by atoms with Crippen molar-refractivity contribution in [2.75, 3.05) is 6.54 Å². The first-order chi connectivity index (χ1) is 11.0. The molecule has 7 heteroatoms. The van der Waals surface area contributed by atoms with E-state index in [1.54, 1.807) is 6.20 Å². The zero-order valence-electron chi connectivity index (χ0n) is 12.5. The molecule has 2 heterocycles. The molecule has 1 aromatic carbocycles. The monoisotopic (exact) mass is 316 g/mol. The van der Waals surface area contributed by atoms with E-state index in [4.69, 9.17) is 14.9 Å². The molecular formula is C16H16N2O5. The van der Waals surface area contributed by atoms with E-state index in [2.05, 4.69) is 4.98 Å². The standard InChI is InChI=1S/C16H16N2O5/c1-9-2-3-10-4-5-17-14(12(10)6-9)23-11-7-13(15(19)20)18(8-11)16(21)22/h2-6,11,13H,7-8H2,1H3,(H,19,20)(H,21,22). The van der Waals surface area contributed by atoms with E-state index in [1.807, 2.05) is 31.2 Å². The van der Waals surface area contributed by atoms with Gasteiger partial charge in [-0.15, -0.1) is 0 Å². The summed E-state index contributed by atoms with van der Waals surface area (Å²) in [6.45, 7) is 1.97. The summed E-state index contributed by atoms with van der Waals surface area (Å²) >= 11 is 0. The number of carboxylic acids is 1. The molecule has 1 aromatic heterocycles. The Morgan fingerprint density at radius 3 is 2.74 bits per heavy atom. The molecule has 1 aliphatic heterocycles. The number of carboxylic acid groups (broad SMARTS) is 2. The summed E-state index contributed by atoms with van der Waals surface area (Å²) in [7, 11) is 0. The number of aryl methyl sites for hydroxylation is 1. The van der Waals surface area contributed by atoms with Crippen molar-refractivity contribution in [1.82, 2.24) is 9.88 Å². The van der Waals surface area contributed by atoms with Gasteiger partial charge in [-0.1, -0.05) is 17.7 Å². The average Bonchev–Trinajstić information content (AvgIpc) is 2.92. The number of hydrogen-bond acceptors (Lipinski definition) is 4. The molecule has 1 fully saturated rings. The summed E-state index contributed by atoms with van der Waals surface area (Å²) in [5, 5.41) is 20.1. The number of aliphatic carboxylic acids is 1. The Bertz CT molecular complexity index is 754. The molecule has 0 spiro atoms. The van der Waals surface area contributed by atoms with Crippen LogP contribution in [0.25, 0.3) is 10.8 Å². The van der Waals surface area contributed by atoms with E-state index >= 15 is 0 Å². The minimum atomic E-state index is -1.26. The van der Waals surface area contributed by atoms with Crippen LogP contribution in [0.15, 0.2) is 30.5 Å². The van der Waals surface area contributed by atoms with Gasteiger partial charge in [0.15, 0.2) is 0 Å². The fraction of sp³-hybridized carbons (Fsp3) is 0.312. The number of rotatable bonds is 3. The molecule has 2 aromatic rings. The van der Waals surface area contributed by atoms with E-state index in [1.165, 1.54) is 0 Å². The van der Waals surface area contributed by atoms with Gasteiger partial charge in [0.05, 0.1) is 6.54 Å². The van der Waals surface area contributed by atoms with Gasteiger partial charge in [0.25, 0.3) is 0 Å². The summed E-state index contributed by atoms with van der Waals surface area (Å²) < 4.78 is 5.82. The van der Waals surface area contributed by atoms with Gasteiger partial charge < -0.3 is 14.9 Å². The van der Waals surface area contributed by atoms with Gasteiger partial charge in [-0.2, -0.15) is 0 Å². The number of fused-ring (bicyclic) bond motifs is 1. The van der Waals surface area contributed by atoms with Crippen LogP contribution in [-0.2, 0) is 4.79 Å². The van der Waals surface area contributed by atoms with E-state index in [0.717, 1.165) is 21.2 Å². The lowest BCUT2D eigenvalue weighted by atomic mass is 10.1. The van der Waals surface area contributed by atoms with Gasteiger partial charge >= 0.3 is 12.1 Å². The van der Waals surface area contributed by atoms with Crippen molar-refractivity contribution in [2.24, 2.45) is 0 Å². The van der Waals surface area contributed by atoms with Crippen LogP contribution in [-0.4, -0.2) is 50.9 Å². The molecule has 7 nitrogen and oxygen atoms in total. The van der Waals surface area contributed by atoms with Gasteiger partial charge in [-0.05, 0) is 24.4 Å². The van der Waals surface area contributed by atoms with Crippen LogP contribution in [0.2, 0.25) is 0 Å². The first-order valence-electron chi connectivity index (χ1n) is 7.20. The average molecular weight is 316 g/mol. The Hall–Kier alpha value is -2.83. The number of aromatic nitrogens is 1. The molecule has 2 N–H and O–H groups in total. The summed E-state index contributed by atoms with van der Waals surface area (Å²) in [5.41, 5.74) is 1.05. The Balaban J connectivity index is 1.87. The smallest absolute Gasteiger partial charge is 0.408 e. The number of likely N-dealkylation sites (tertiary alicyclic amines) is 1. The molecule has 3 rings (SSSR count). The van der Waals surface area contributed by atoms with Crippen molar-refractivity contribution in [3.05, 3.63) is 36.0 Å². The van der Waals surface area contributed by atoms with Crippen molar-refractivity contribution in [3.63, 3.8) is 0 Å². The van der Waals surface area contributed by atoms with Crippen LogP contribution < -0.4 is 4.74 Å². The SMILES string of the molecule is Cc1ccc2ccnc(OC3CC(C(=O)O)N(C(=O)O)C3)c2c1. The normalized spacial score (nSPS) is 20.7. The maximum Gasteiger partial charge on any atom is 0.408 e. The predicted octanol–water partition coefficient (Wildman–Crippen LogP) is 2.13. The van der Waals surface area contributed by atoms with Crippen molar-refractivity contribution in [3.8, 4) is 5.88 Å². The molecule has 23 heavy (non-hydrogen) atoms. The van der Waals surface area contributed by atoms with Crippen molar-refractivity contribution < 1.29 is 24.5 Å². The number of hydrogen-bond donors (Lipinski definition) is 2. The van der Waals surface area contributed by atoms with Crippen molar-refractivity contribution in [1.29, 1.82) is 0 Å². The third kappa shape index (κ3) is 2.90. The molecular weight excluding hydrogens is 300 g/mol. The summed E-state index contributed by atoms with van der Waals surface area (Å²) in [6, 6.07) is 6.65. The molecule has 0 radical (unpaired) electrons. The molecule has 1 amide bonds. The minimum Gasteiger partial charge on any atom is -0.480 e. The second kappa shape index (κ2) is 5.75. The van der Waals surface area contributed by atoms with Gasteiger partial charge in [-0.25, -0.2) is 14.6 Å².